The summed E-state index contributed by atoms with van der Waals surface area (Å²) in [5.41, 5.74) is 1.38. The molecule has 0 fully saturated rings. The van der Waals surface area contributed by atoms with Gasteiger partial charge in [-0.25, -0.2) is 0 Å². The lowest BCUT2D eigenvalue weighted by Gasteiger charge is -2.06. The van der Waals surface area contributed by atoms with Crippen molar-refractivity contribution in [3.8, 4) is 0 Å². The van der Waals surface area contributed by atoms with E-state index < -0.39 is 10.1 Å². The highest BCUT2D eigenvalue weighted by molar-refractivity contribution is 9.10. The first-order chi connectivity index (χ1) is 10.5. The van der Waals surface area contributed by atoms with Crippen molar-refractivity contribution in [2.75, 3.05) is 0 Å². The quantitative estimate of drug-likeness (QED) is 0.646. The highest BCUT2D eigenvalue weighted by Gasteiger charge is 2.15. The molecular weight excluding hydrogens is 366 g/mol. The van der Waals surface area contributed by atoms with Crippen molar-refractivity contribution in [2.45, 2.75) is 11.5 Å². The number of hydrogen-bond acceptors (Lipinski definition) is 4. The molecule has 0 aliphatic rings. The van der Waals surface area contributed by atoms with Gasteiger partial charge < -0.3 is 0 Å². The molecule has 3 aromatic rings. The average Bonchev–Trinajstić information content (AvgIpc) is 2.53. The van der Waals surface area contributed by atoms with E-state index >= 15 is 0 Å². The molecule has 0 aliphatic heterocycles. The average molecular weight is 378 g/mol. The number of rotatable bonds is 4. The van der Waals surface area contributed by atoms with E-state index in [1.807, 2.05) is 30.3 Å². The Bertz CT molecular complexity index is 908. The molecule has 0 N–H and O–H groups in total. The molecule has 1 heterocycles. The predicted octanol–water partition coefficient (Wildman–Crippen LogP) is 3.90. The minimum absolute atomic E-state index is 0.0940. The van der Waals surface area contributed by atoms with Gasteiger partial charge in [-0.2, -0.15) is 8.42 Å². The van der Waals surface area contributed by atoms with Gasteiger partial charge in [-0.05, 0) is 36.4 Å². The summed E-state index contributed by atoms with van der Waals surface area (Å²) in [5.74, 6) is 0. The van der Waals surface area contributed by atoms with Crippen molar-refractivity contribution in [2.24, 2.45) is 0 Å². The van der Waals surface area contributed by atoms with Crippen LogP contribution in [0.25, 0.3) is 10.9 Å². The lowest BCUT2D eigenvalue weighted by atomic mass is 10.2. The van der Waals surface area contributed by atoms with Gasteiger partial charge in [-0.3, -0.25) is 9.17 Å². The third-order valence-corrected chi connectivity index (χ3v) is 4.93. The minimum atomic E-state index is -3.79. The van der Waals surface area contributed by atoms with Gasteiger partial charge in [0.1, 0.15) is 6.61 Å². The summed E-state index contributed by atoms with van der Waals surface area (Å²) in [6.45, 7) is -0.0940. The molecular formula is C16H12BrNO3S. The summed E-state index contributed by atoms with van der Waals surface area (Å²) in [4.78, 5) is 4.51. The van der Waals surface area contributed by atoms with E-state index in [-0.39, 0.29) is 11.5 Å². The zero-order valence-corrected chi connectivity index (χ0v) is 13.8. The van der Waals surface area contributed by atoms with Gasteiger partial charge in [0.15, 0.2) is 0 Å². The van der Waals surface area contributed by atoms with Gasteiger partial charge in [-0.1, -0.05) is 40.2 Å². The van der Waals surface area contributed by atoms with Crippen molar-refractivity contribution >= 4 is 37.0 Å². The van der Waals surface area contributed by atoms with Crippen molar-refractivity contribution in [3.63, 3.8) is 0 Å². The van der Waals surface area contributed by atoms with E-state index in [4.69, 9.17) is 4.18 Å². The zero-order valence-electron chi connectivity index (χ0n) is 11.4. The second-order valence-electron chi connectivity index (χ2n) is 4.67. The summed E-state index contributed by atoms with van der Waals surface area (Å²) in [6, 6.07) is 17.6. The molecule has 3 rings (SSSR count). The number of aromatic nitrogens is 1. The Balaban J connectivity index is 1.79. The molecule has 2 aromatic carbocycles. The van der Waals surface area contributed by atoms with Crippen LogP contribution in [0, 0.1) is 0 Å². The van der Waals surface area contributed by atoms with Gasteiger partial charge in [0.25, 0.3) is 10.1 Å². The molecule has 0 bridgehead atoms. The molecule has 22 heavy (non-hydrogen) atoms. The van der Waals surface area contributed by atoms with E-state index in [1.165, 1.54) is 12.1 Å². The van der Waals surface area contributed by atoms with Crippen LogP contribution in [-0.2, 0) is 20.9 Å². The SMILES string of the molecule is O=S(=O)(OCc1ccc2ccccc2n1)c1ccc(Br)cc1. The second-order valence-corrected chi connectivity index (χ2v) is 7.20. The Morgan fingerprint density at radius 1 is 0.955 bits per heavy atom. The van der Waals surface area contributed by atoms with Crippen LogP contribution < -0.4 is 0 Å². The van der Waals surface area contributed by atoms with Crippen molar-refractivity contribution in [1.29, 1.82) is 0 Å². The summed E-state index contributed by atoms with van der Waals surface area (Å²) < 4.78 is 30.1. The lowest BCUT2D eigenvalue weighted by Crippen LogP contribution is -2.07. The van der Waals surface area contributed by atoms with E-state index in [0.29, 0.717) is 5.69 Å². The molecule has 0 amide bonds. The molecule has 1 aromatic heterocycles. The monoisotopic (exact) mass is 377 g/mol. The smallest absolute Gasteiger partial charge is 0.260 e. The van der Waals surface area contributed by atoms with E-state index in [0.717, 1.165) is 15.4 Å². The zero-order chi connectivity index (χ0) is 15.6. The van der Waals surface area contributed by atoms with Gasteiger partial charge in [-0.15, -0.1) is 0 Å². The molecule has 0 atom stereocenters. The van der Waals surface area contributed by atoms with Crippen LogP contribution in [-0.4, -0.2) is 13.4 Å². The van der Waals surface area contributed by atoms with Gasteiger partial charge in [0.05, 0.1) is 16.1 Å². The normalized spacial score (nSPS) is 11.7. The number of benzene rings is 2. The Hall–Kier alpha value is -1.76. The van der Waals surface area contributed by atoms with Crippen LogP contribution in [0.5, 0.6) is 0 Å². The summed E-state index contributed by atoms with van der Waals surface area (Å²) >= 11 is 3.27. The van der Waals surface area contributed by atoms with Crippen molar-refractivity contribution in [1.82, 2.24) is 4.98 Å². The van der Waals surface area contributed by atoms with Gasteiger partial charge in [0, 0.05) is 9.86 Å². The van der Waals surface area contributed by atoms with Crippen molar-refractivity contribution in [3.05, 3.63) is 70.8 Å². The molecule has 112 valence electrons. The largest absolute Gasteiger partial charge is 0.297 e. The van der Waals surface area contributed by atoms with E-state index in [1.54, 1.807) is 18.2 Å². The molecule has 0 spiro atoms. The molecule has 0 unspecified atom stereocenters. The molecule has 0 aliphatic carbocycles. The molecule has 4 nitrogen and oxygen atoms in total. The van der Waals surface area contributed by atoms with E-state index in [2.05, 4.69) is 20.9 Å². The summed E-state index contributed by atoms with van der Waals surface area (Å²) in [7, 11) is -3.79. The molecule has 0 radical (unpaired) electrons. The number of pyridine rings is 1. The highest BCUT2D eigenvalue weighted by atomic mass is 79.9. The van der Waals surface area contributed by atoms with Crippen LogP contribution in [0.1, 0.15) is 5.69 Å². The number of para-hydroxylation sites is 1. The Morgan fingerprint density at radius 3 is 2.45 bits per heavy atom. The summed E-state index contributed by atoms with van der Waals surface area (Å²) in [5, 5.41) is 1.00. The van der Waals surface area contributed by atoms with Crippen LogP contribution >= 0.6 is 15.9 Å². The number of halogens is 1. The lowest BCUT2D eigenvalue weighted by molar-refractivity contribution is 0.304. The molecule has 6 heteroatoms. The predicted molar refractivity (Wildman–Crippen MR) is 87.9 cm³/mol. The summed E-state index contributed by atoms with van der Waals surface area (Å²) in [6.07, 6.45) is 0. The first kappa shape index (κ1) is 15.1. The topological polar surface area (TPSA) is 56.3 Å². The van der Waals surface area contributed by atoms with Crippen LogP contribution in [0.3, 0.4) is 0 Å². The number of nitrogens with zero attached hydrogens (tertiary/aromatic N) is 1. The maximum atomic E-state index is 12.1. The van der Waals surface area contributed by atoms with Gasteiger partial charge >= 0.3 is 0 Å². The number of fused-ring (bicyclic) bond motifs is 1. The Kier molecular flexibility index (Phi) is 4.24. The standard InChI is InChI=1S/C16H12BrNO3S/c17-13-6-9-15(10-7-13)22(19,20)21-11-14-8-5-12-3-1-2-4-16(12)18-14/h1-10H,11H2. The first-order valence-electron chi connectivity index (χ1n) is 6.54. The fourth-order valence-electron chi connectivity index (χ4n) is 2.00. The maximum Gasteiger partial charge on any atom is 0.297 e. The number of hydrogen-bond donors (Lipinski definition) is 0. The molecule has 0 saturated carbocycles. The van der Waals surface area contributed by atoms with Crippen LogP contribution in [0.4, 0.5) is 0 Å². The highest BCUT2D eigenvalue weighted by Crippen LogP contribution is 2.18. The van der Waals surface area contributed by atoms with Crippen LogP contribution in [0.2, 0.25) is 0 Å². The fraction of sp³-hybridized carbons (Fsp3) is 0.0625. The minimum Gasteiger partial charge on any atom is -0.260 e. The fourth-order valence-corrected chi connectivity index (χ4v) is 3.14. The second kappa shape index (κ2) is 6.16. The maximum absolute atomic E-state index is 12.1. The van der Waals surface area contributed by atoms with E-state index in [9.17, 15) is 8.42 Å². The van der Waals surface area contributed by atoms with Gasteiger partial charge in [0.2, 0.25) is 0 Å². The third-order valence-electron chi connectivity index (χ3n) is 3.12. The Morgan fingerprint density at radius 2 is 1.68 bits per heavy atom. The molecule has 0 saturated heterocycles. The first-order valence-corrected chi connectivity index (χ1v) is 8.74. The van der Waals surface area contributed by atoms with Crippen molar-refractivity contribution < 1.29 is 12.6 Å². The Labute approximate surface area is 137 Å². The third kappa shape index (κ3) is 3.35. The van der Waals surface area contributed by atoms with Crippen LogP contribution in [0.15, 0.2) is 70.0 Å².